The van der Waals surface area contributed by atoms with Gasteiger partial charge in [-0.25, -0.2) is 0 Å². The molecule has 1 heterocycles. The molecule has 1 saturated heterocycles. The molecule has 1 aliphatic heterocycles. The van der Waals surface area contributed by atoms with Crippen LogP contribution in [0.25, 0.3) is 0 Å². The summed E-state index contributed by atoms with van der Waals surface area (Å²) in [6, 6.07) is 0. The second-order valence-electron chi connectivity index (χ2n) is 3.34. The number of nitrogens with one attached hydrogen (secondary N) is 2. The highest BCUT2D eigenvalue weighted by molar-refractivity contribution is 5.76. The molecular weight excluding hydrogens is 166 g/mol. The van der Waals surface area contributed by atoms with Gasteiger partial charge in [-0.05, 0) is 20.0 Å². The Labute approximate surface area is 79.7 Å². The molecular formula is C9H19N3O. The molecule has 1 fully saturated rings. The molecule has 0 aromatic heterocycles. The first-order valence-electron chi connectivity index (χ1n) is 4.97. The second kappa shape index (κ2) is 5.94. The highest BCUT2D eigenvalue weighted by atomic mass is 16.2. The topological polar surface area (TPSA) is 44.4 Å². The van der Waals surface area contributed by atoms with Gasteiger partial charge in [0.25, 0.3) is 0 Å². The fourth-order valence-corrected chi connectivity index (χ4v) is 1.49. The van der Waals surface area contributed by atoms with Gasteiger partial charge in [-0.2, -0.15) is 0 Å². The van der Waals surface area contributed by atoms with Crippen LogP contribution >= 0.6 is 0 Å². The van der Waals surface area contributed by atoms with Crippen LogP contribution in [-0.4, -0.2) is 50.6 Å². The van der Waals surface area contributed by atoms with Crippen LogP contribution in [0.2, 0.25) is 0 Å². The molecule has 0 atom stereocenters. The van der Waals surface area contributed by atoms with Crippen molar-refractivity contribution in [1.82, 2.24) is 15.5 Å². The van der Waals surface area contributed by atoms with E-state index in [1.165, 1.54) is 0 Å². The number of carbonyl (C=O) groups is 1. The molecule has 0 bridgehead atoms. The van der Waals surface area contributed by atoms with Crippen molar-refractivity contribution in [2.45, 2.75) is 12.8 Å². The summed E-state index contributed by atoms with van der Waals surface area (Å²) in [6.45, 7) is 4.53. The zero-order chi connectivity index (χ0) is 9.52. The third-order valence-electron chi connectivity index (χ3n) is 2.28. The normalized spacial score (nSPS) is 18.4. The molecule has 13 heavy (non-hydrogen) atoms. The van der Waals surface area contributed by atoms with Crippen LogP contribution in [0.4, 0.5) is 0 Å². The Hall–Kier alpha value is -0.610. The van der Waals surface area contributed by atoms with E-state index in [0.29, 0.717) is 6.42 Å². The van der Waals surface area contributed by atoms with Gasteiger partial charge in [0.15, 0.2) is 0 Å². The van der Waals surface area contributed by atoms with Crippen LogP contribution in [0, 0.1) is 0 Å². The fourth-order valence-electron chi connectivity index (χ4n) is 1.49. The zero-order valence-corrected chi connectivity index (χ0v) is 8.31. The quantitative estimate of drug-likeness (QED) is 0.618. The SMILES string of the molecule is CNCCC(=O)N1CCCNCC1. The number of hydrogen-bond donors (Lipinski definition) is 2. The van der Waals surface area contributed by atoms with E-state index in [2.05, 4.69) is 10.6 Å². The largest absolute Gasteiger partial charge is 0.341 e. The fraction of sp³-hybridized carbons (Fsp3) is 0.889. The molecule has 0 spiro atoms. The predicted octanol–water partition coefficient (Wildman–Crippen LogP) is -0.582. The molecule has 1 amide bonds. The number of nitrogens with zero attached hydrogens (tertiary/aromatic N) is 1. The Kier molecular flexibility index (Phi) is 4.78. The molecule has 1 rings (SSSR count). The van der Waals surface area contributed by atoms with E-state index in [1.807, 2.05) is 11.9 Å². The summed E-state index contributed by atoms with van der Waals surface area (Å²) in [5, 5.41) is 6.27. The van der Waals surface area contributed by atoms with Crippen molar-refractivity contribution in [3.63, 3.8) is 0 Å². The Balaban J connectivity index is 2.26. The third kappa shape index (κ3) is 3.74. The van der Waals surface area contributed by atoms with Crippen molar-refractivity contribution in [2.75, 3.05) is 39.8 Å². The van der Waals surface area contributed by atoms with E-state index in [9.17, 15) is 4.79 Å². The predicted molar refractivity (Wildman–Crippen MR) is 52.6 cm³/mol. The monoisotopic (exact) mass is 185 g/mol. The van der Waals surface area contributed by atoms with E-state index in [-0.39, 0.29) is 5.91 Å². The maximum absolute atomic E-state index is 11.6. The van der Waals surface area contributed by atoms with Crippen LogP contribution in [-0.2, 0) is 4.79 Å². The lowest BCUT2D eigenvalue weighted by Gasteiger charge is -2.19. The maximum atomic E-state index is 11.6. The standard InChI is InChI=1S/C9H19N3O/c1-10-5-3-9(13)12-7-2-4-11-6-8-12/h10-11H,2-8H2,1H3. The summed E-state index contributed by atoms with van der Waals surface area (Å²) in [4.78, 5) is 13.5. The molecule has 0 saturated carbocycles. The lowest BCUT2D eigenvalue weighted by molar-refractivity contribution is -0.130. The average Bonchev–Trinajstić information content (AvgIpc) is 2.42. The van der Waals surface area contributed by atoms with Gasteiger partial charge >= 0.3 is 0 Å². The number of amides is 1. The molecule has 4 heteroatoms. The minimum Gasteiger partial charge on any atom is -0.341 e. The summed E-state index contributed by atoms with van der Waals surface area (Å²) in [5.74, 6) is 0.276. The number of carbonyl (C=O) groups excluding carboxylic acids is 1. The first-order valence-corrected chi connectivity index (χ1v) is 4.97. The smallest absolute Gasteiger partial charge is 0.223 e. The van der Waals surface area contributed by atoms with Crippen LogP contribution in [0.1, 0.15) is 12.8 Å². The summed E-state index contributed by atoms with van der Waals surface area (Å²) in [6.07, 6.45) is 1.70. The molecule has 1 aliphatic rings. The molecule has 0 aromatic carbocycles. The minimum absolute atomic E-state index is 0.276. The minimum atomic E-state index is 0.276. The summed E-state index contributed by atoms with van der Waals surface area (Å²) in [7, 11) is 1.87. The second-order valence-corrected chi connectivity index (χ2v) is 3.34. The van der Waals surface area contributed by atoms with Crippen molar-refractivity contribution in [3.05, 3.63) is 0 Å². The van der Waals surface area contributed by atoms with Crippen LogP contribution in [0.5, 0.6) is 0 Å². The van der Waals surface area contributed by atoms with Crippen molar-refractivity contribution in [1.29, 1.82) is 0 Å². The Bertz CT molecular complexity index is 153. The number of rotatable bonds is 3. The zero-order valence-electron chi connectivity index (χ0n) is 8.31. The molecule has 76 valence electrons. The Morgan fingerprint density at radius 3 is 3.08 bits per heavy atom. The molecule has 4 nitrogen and oxygen atoms in total. The summed E-state index contributed by atoms with van der Waals surface area (Å²) >= 11 is 0. The highest BCUT2D eigenvalue weighted by Gasteiger charge is 2.13. The van der Waals surface area contributed by atoms with Gasteiger partial charge in [-0.15, -0.1) is 0 Å². The highest BCUT2D eigenvalue weighted by Crippen LogP contribution is 1.98. The van der Waals surface area contributed by atoms with Gasteiger partial charge in [-0.1, -0.05) is 0 Å². The van der Waals surface area contributed by atoms with Gasteiger partial charge in [0.05, 0.1) is 0 Å². The lowest BCUT2D eigenvalue weighted by Crippen LogP contribution is -2.35. The van der Waals surface area contributed by atoms with Gasteiger partial charge < -0.3 is 15.5 Å². The van der Waals surface area contributed by atoms with Crippen LogP contribution < -0.4 is 10.6 Å². The molecule has 0 radical (unpaired) electrons. The average molecular weight is 185 g/mol. The van der Waals surface area contributed by atoms with E-state index < -0.39 is 0 Å². The molecule has 0 aromatic rings. The maximum Gasteiger partial charge on any atom is 0.223 e. The van der Waals surface area contributed by atoms with Crippen LogP contribution in [0.15, 0.2) is 0 Å². The van der Waals surface area contributed by atoms with Crippen molar-refractivity contribution in [2.24, 2.45) is 0 Å². The summed E-state index contributed by atoms with van der Waals surface area (Å²) < 4.78 is 0. The Morgan fingerprint density at radius 2 is 2.31 bits per heavy atom. The van der Waals surface area contributed by atoms with E-state index in [1.54, 1.807) is 0 Å². The first kappa shape index (κ1) is 10.5. The molecule has 2 N–H and O–H groups in total. The van der Waals surface area contributed by atoms with Crippen molar-refractivity contribution >= 4 is 5.91 Å². The Morgan fingerprint density at radius 1 is 1.46 bits per heavy atom. The van der Waals surface area contributed by atoms with E-state index >= 15 is 0 Å². The van der Waals surface area contributed by atoms with Gasteiger partial charge in [0, 0.05) is 32.6 Å². The summed E-state index contributed by atoms with van der Waals surface area (Å²) in [5.41, 5.74) is 0. The van der Waals surface area contributed by atoms with E-state index in [4.69, 9.17) is 0 Å². The molecule has 0 aliphatic carbocycles. The third-order valence-corrected chi connectivity index (χ3v) is 2.28. The van der Waals surface area contributed by atoms with Gasteiger partial charge in [0.2, 0.25) is 5.91 Å². The van der Waals surface area contributed by atoms with Gasteiger partial charge in [-0.3, -0.25) is 4.79 Å². The van der Waals surface area contributed by atoms with Crippen molar-refractivity contribution in [3.8, 4) is 0 Å². The van der Waals surface area contributed by atoms with Gasteiger partial charge in [0.1, 0.15) is 0 Å². The van der Waals surface area contributed by atoms with Crippen molar-refractivity contribution < 1.29 is 4.79 Å². The van der Waals surface area contributed by atoms with Crippen LogP contribution in [0.3, 0.4) is 0 Å². The number of hydrogen-bond acceptors (Lipinski definition) is 3. The first-order chi connectivity index (χ1) is 6.34. The lowest BCUT2D eigenvalue weighted by atomic mass is 10.3. The molecule has 0 unspecified atom stereocenters. The van der Waals surface area contributed by atoms with E-state index in [0.717, 1.165) is 39.1 Å².